The maximum Gasteiger partial charge on any atom is 0.322 e. The SMILES string of the molecule is O=C(O)CNC(=O)CCSCc1ccccn1. The van der Waals surface area contributed by atoms with Crippen LogP contribution in [-0.4, -0.2) is 34.3 Å². The zero-order valence-corrected chi connectivity index (χ0v) is 10.1. The van der Waals surface area contributed by atoms with Crippen LogP contribution in [0.1, 0.15) is 12.1 Å². The average molecular weight is 254 g/mol. The number of nitrogens with one attached hydrogen (secondary N) is 1. The van der Waals surface area contributed by atoms with Gasteiger partial charge in [-0.15, -0.1) is 0 Å². The summed E-state index contributed by atoms with van der Waals surface area (Å²) < 4.78 is 0. The van der Waals surface area contributed by atoms with Gasteiger partial charge in [-0.25, -0.2) is 0 Å². The summed E-state index contributed by atoms with van der Waals surface area (Å²) in [5.41, 5.74) is 0.975. The largest absolute Gasteiger partial charge is 0.480 e. The van der Waals surface area contributed by atoms with Gasteiger partial charge in [-0.1, -0.05) is 6.07 Å². The molecule has 0 aromatic carbocycles. The Morgan fingerprint density at radius 2 is 2.24 bits per heavy atom. The molecule has 1 heterocycles. The predicted molar refractivity (Wildman–Crippen MR) is 65.7 cm³/mol. The van der Waals surface area contributed by atoms with E-state index in [0.29, 0.717) is 12.2 Å². The van der Waals surface area contributed by atoms with Crippen LogP contribution in [0.2, 0.25) is 0 Å². The minimum atomic E-state index is -1.03. The fourth-order valence-electron chi connectivity index (χ4n) is 1.09. The summed E-state index contributed by atoms with van der Waals surface area (Å²) in [6.07, 6.45) is 2.06. The monoisotopic (exact) mass is 254 g/mol. The maximum absolute atomic E-state index is 11.2. The zero-order valence-electron chi connectivity index (χ0n) is 9.26. The summed E-state index contributed by atoms with van der Waals surface area (Å²) >= 11 is 1.60. The van der Waals surface area contributed by atoms with Gasteiger partial charge in [0.15, 0.2) is 0 Å². The highest BCUT2D eigenvalue weighted by atomic mass is 32.2. The molecular weight excluding hydrogens is 240 g/mol. The molecule has 0 unspecified atom stereocenters. The Morgan fingerprint density at radius 1 is 1.41 bits per heavy atom. The Kier molecular flexibility index (Phi) is 6.09. The van der Waals surface area contributed by atoms with E-state index in [2.05, 4.69) is 10.3 Å². The Bertz CT molecular complexity index is 370. The molecule has 0 saturated heterocycles. The topological polar surface area (TPSA) is 79.3 Å². The normalized spacial score (nSPS) is 9.88. The molecule has 0 aliphatic heterocycles. The highest BCUT2D eigenvalue weighted by Crippen LogP contribution is 2.10. The minimum absolute atomic E-state index is 0.235. The lowest BCUT2D eigenvalue weighted by Gasteiger charge is -2.02. The number of amides is 1. The lowest BCUT2D eigenvalue weighted by atomic mass is 10.4. The molecule has 0 atom stereocenters. The van der Waals surface area contributed by atoms with Crippen LogP contribution in [0, 0.1) is 0 Å². The number of nitrogens with zero attached hydrogens (tertiary/aromatic N) is 1. The number of aromatic nitrogens is 1. The summed E-state index contributed by atoms with van der Waals surface area (Å²) in [6, 6.07) is 5.70. The van der Waals surface area contributed by atoms with Gasteiger partial charge in [0.25, 0.3) is 0 Å². The van der Waals surface area contributed by atoms with Crippen molar-refractivity contribution in [2.45, 2.75) is 12.2 Å². The number of hydrogen-bond acceptors (Lipinski definition) is 4. The first kappa shape index (κ1) is 13.5. The van der Waals surface area contributed by atoms with Gasteiger partial charge in [0, 0.05) is 24.1 Å². The van der Waals surface area contributed by atoms with Crippen molar-refractivity contribution in [1.82, 2.24) is 10.3 Å². The van der Waals surface area contributed by atoms with Crippen molar-refractivity contribution in [3.05, 3.63) is 30.1 Å². The first-order chi connectivity index (χ1) is 8.18. The van der Waals surface area contributed by atoms with E-state index in [1.54, 1.807) is 18.0 Å². The van der Waals surface area contributed by atoms with E-state index in [1.165, 1.54) is 0 Å². The number of thioether (sulfide) groups is 1. The fraction of sp³-hybridized carbons (Fsp3) is 0.364. The van der Waals surface area contributed by atoms with Crippen molar-refractivity contribution < 1.29 is 14.7 Å². The Morgan fingerprint density at radius 3 is 2.88 bits per heavy atom. The van der Waals surface area contributed by atoms with Crippen molar-refractivity contribution in [2.24, 2.45) is 0 Å². The highest BCUT2D eigenvalue weighted by molar-refractivity contribution is 7.98. The standard InChI is InChI=1S/C11H14N2O3S/c14-10(13-7-11(15)16)4-6-17-8-9-3-1-2-5-12-9/h1-3,5H,4,6-8H2,(H,13,14)(H,15,16). The number of rotatable bonds is 7. The number of carbonyl (C=O) groups excluding carboxylic acids is 1. The number of carbonyl (C=O) groups is 2. The van der Waals surface area contributed by atoms with E-state index in [0.717, 1.165) is 11.4 Å². The molecule has 2 N–H and O–H groups in total. The van der Waals surface area contributed by atoms with Gasteiger partial charge < -0.3 is 10.4 Å². The van der Waals surface area contributed by atoms with Crippen molar-refractivity contribution in [3.8, 4) is 0 Å². The van der Waals surface area contributed by atoms with E-state index >= 15 is 0 Å². The molecule has 0 bridgehead atoms. The third kappa shape index (κ3) is 6.57. The third-order valence-corrected chi connectivity index (χ3v) is 2.88. The Hall–Kier alpha value is -1.56. The van der Waals surface area contributed by atoms with Gasteiger partial charge in [-0.05, 0) is 12.1 Å². The van der Waals surface area contributed by atoms with Crippen LogP contribution in [0.4, 0.5) is 0 Å². The molecule has 1 amide bonds. The van der Waals surface area contributed by atoms with E-state index in [9.17, 15) is 9.59 Å². The number of carboxylic acid groups (broad SMARTS) is 1. The van der Waals surface area contributed by atoms with Crippen LogP contribution in [0.25, 0.3) is 0 Å². The van der Waals surface area contributed by atoms with Gasteiger partial charge in [0.1, 0.15) is 6.54 Å². The van der Waals surface area contributed by atoms with Crippen LogP contribution < -0.4 is 5.32 Å². The molecule has 92 valence electrons. The summed E-state index contributed by atoms with van der Waals surface area (Å²) in [5, 5.41) is 10.7. The fourth-order valence-corrected chi connectivity index (χ4v) is 1.94. The van der Waals surface area contributed by atoms with Crippen molar-refractivity contribution in [3.63, 3.8) is 0 Å². The van der Waals surface area contributed by atoms with E-state index < -0.39 is 5.97 Å². The summed E-state index contributed by atoms with van der Waals surface area (Å²) in [4.78, 5) is 25.5. The Labute approximate surface area is 104 Å². The van der Waals surface area contributed by atoms with Crippen LogP contribution in [0.15, 0.2) is 24.4 Å². The minimum Gasteiger partial charge on any atom is -0.480 e. The van der Waals surface area contributed by atoms with Crippen molar-refractivity contribution in [1.29, 1.82) is 0 Å². The lowest BCUT2D eigenvalue weighted by Crippen LogP contribution is -2.29. The maximum atomic E-state index is 11.2. The molecular formula is C11H14N2O3S. The van der Waals surface area contributed by atoms with Gasteiger partial charge in [0.2, 0.25) is 5.91 Å². The van der Waals surface area contributed by atoms with E-state index in [-0.39, 0.29) is 12.5 Å². The number of hydrogen-bond donors (Lipinski definition) is 2. The lowest BCUT2D eigenvalue weighted by molar-refractivity contribution is -0.137. The smallest absolute Gasteiger partial charge is 0.322 e. The van der Waals surface area contributed by atoms with Crippen LogP contribution >= 0.6 is 11.8 Å². The molecule has 0 aliphatic carbocycles. The zero-order chi connectivity index (χ0) is 12.5. The highest BCUT2D eigenvalue weighted by Gasteiger charge is 2.03. The molecule has 17 heavy (non-hydrogen) atoms. The van der Waals surface area contributed by atoms with Gasteiger partial charge in [-0.3, -0.25) is 14.6 Å². The van der Waals surface area contributed by atoms with Crippen LogP contribution in [0.3, 0.4) is 0 Å². The molecule has 6 heteroatoms. The molecule has 0 spiro atoms. The van der Waals surface area contributed by atoms with Crippen molar-refractivity contribution >= 4 is 23.6 Å². The second kappa shape index (κ2) is 7.67. The molecule has 0 aliphatic rings. The summed E-state index contributed by atoms with van der Waals surface area (Å²) in [6.45, 7) is -0.316. The van der Waals surface area contributed by atoms with Crippen LogP contribution in [-0.2, 0) is 15.3 Å². The number of aliphatic carboxylic acids is 1. The molecule has 1 aromatic heterocycles. The Balaban J connectivity index is 2.08. The predicted octanol–water partition coefficient (Wildman–Crippen LogP) is 0.906. The summed E-state index contributed by atoms with van der Waals surface area (Å²) in [7, 11) is 0. The van der Waals surface area contributed by atoms with Gasteiger partial charge in [0.05, 0.1) is 5.69 Å². The van der Waals surface area contributed by atoms with Crippen molar-refractivity contribution in [2.75, 3.05) is 12.3 Å². The first-order valence-corrected chi connectivity index (χ1v) is 6.30. The molecule has 5 nitrogen and oxygen atoms in total. The number of pyridine rings is 1. The third-order valence-electron chi connectivity index (χ3n) is 1.89. The van der Waals surface area contributed by atoms with E-state index in [1.807, 2.05) is 18.2 Å². The second-order valence-electron chi connectivity index (χ2n) is 3.29. The number of carboxylic acids is 1. The quantitative estimate of drug-likeness (QED) is 0.707. The van der Waals surface area contributed by atoms with E-state index in [4.69, 9.17) is 5.11 Å². The van der Waals surface area contributed by atoms with Gasteiger partial charge >= 0.3 is 5.97 Å². The summed E-state index contributed by atoms with van der Waals surface area (Å²) in [5.74, 6) is 0.148. The van der Waals surface area contributed by atoms with Gasteiger partial charge in [-0.2, -0.15) is 11.8 Å². The first-order valence-electron chi connectivity index (χ1n) is 5.14. The van der Waals surface area contributed by atoms with Crippen LogP contribution in [0.5, 0.6) is 0 Å². The molecule has 1 aromatic rings. The molecule has 1 rings (SSSR count). The second-order valence-corrected chi connectivity index (χ2v) is 4.40. The average Bonchev–Trinajstić information content (AvgIpc) is 2.33. The molecule has 0 radical (unpaired) electrons. The molecule has 0 fully saturated rings. The molecule has 0 saturated carbocycles.